The van der Waals surface area contributed by atoms with Crippen LogP contribution in [0.1, 0.15) is 8.30 Å². The molecular formula is C12H15NO3S. The van der Waals surface area contributed by atoms with E-state index in [1.807, 2.05) is 0 Å². The molecule has 0 saturated carbocycles. The zero-order valence-electron chi connectivity index (χ0n) is 11.1. The molecule has 0 aliphatic rings. The fourth-order valence-corrected chi connectivity index (χ4v) is 1.63. The van der Waals surface area contributed by atoms with E-state index in [2.05, 4.69) is 17.9 Å². The van der Waals surface area contributed by atoms with Crippen LogP contribution in [0.2, 0.25) is 0 Å². The molecule has 0 spiro atoms. The van der Waals surface area contributed by atoms with E-state index in [-0.39, 0.29) is 23.7 Å². The molecule has 0 fully saturated rings. The maximum Gasteiger partial charge on any atom is 0.322 e. The van der Waals surface area contributed by atoms with E-state index in [1.54, 1.807) is 12.1 Å². The standard InChI is InChI=1S/C12H15NO3S/c14-11(15)7-13-12(16)10(8-17)6-9-4-2-1-3-5-9/h1-5,10,17H,6-8H2,(H,13,16)(H,14,15)/i2T,3T. The van der Waals surface area contributed by atoms with Gasteiger partial charge in [0.25, 0.3) is 0 Å². The van der Waals surface area contributed by atoms with E-state index in [4.69, 9.17) is 7.85 Å². The number of benzene rings is 1. The molecule has 0 bridgehead atoms. The lowest BCUT2D eigenvalue weighted by molar-refractivity contribution is -0.138. The highest BCUT2D eigenvalue weighted by Gasteiger charge is 2.17. The maximum atomic E-state index is 11.7. The molecule has 17 heavy (non-hydrogen) atoms. The van der Waals surface area contributed by atoms with Gasteiger partial charge in [-0.1, -0.05) is 30.3 Å². The summed E-state index contributed by atoms with van der Waals surface area (Å²) >= 11 is 4.08. The minimum absolute atomic E-state index is 0.214. The largest absolute Gasteiger partial charge is 0.480 e. The van der Waals surface area contributed by atoms with Crippen molar-refractivity contribution < 1.29 is 17.4 Å². The van der Waals surface area contributed by atoms with Crippen LogP contribution in [-0.4, -0.2) is 29.3 Å². The van der Waals surface area contributed by atoms with Gasteiger partial charge in [-0.05, 0) is 12.0 Å². The maximum absolute atomic E-state index is 11.7. The third kappa shape index (κ3) is 4.91. The third-order valence-corrected chi connectivity index (χ3v) is 2.63. The Morgan fingerprint density at radius 2 is 2.12 bits per heavy atom. The third-order valence-electron chi connectivity index (χ3n) is 2.19. The van der Waals surface area contributed by atoms with Crippen LogP contribution in [0, 0.1) is 5.92 Å². The number of nitrogens with one attached hydrogen (secondary N) is 1. The van der Waals surface area contributed by atoms with Crippen molar-refractivity contribution in [3.63, 3.8) is 0 Å². The number of amides is 1. The van der Waals surface area contributed by atoms with Gasteiger partial charge in [0, 0.05) is 5.75 Å². The van der Waals surface area contributed by atoms with Crippen molar-refractivity contribution in [2.45, 2.75) is 6.42 Å². The molecule has 1 unspecified atom stereocenters. The van der Waals surface area contributed by atoms with Gasteiger partial charge in [-0.3, -0.25) is 9.59 Å². The molecule has 0 saturated heterocycles. The van der Waals surface area contributed by atoms with Gasteiger partial charge in [-0.15, -0.1) is 0 Å². The van der Waals surface area contributed by atoms with Crippen LogP contribution in [-0.2, 0) is 16.0 Å². The lowest BCUT2D eigenvalue weighted by Crippen LogP contribution is -2.36. The zero-order valence-corrected chi connectivity index (χ0v) is 10.0. The molecular weight excluding hydrogens is 238 g/mol. The van der Waals surface area contributed by atoms with Gasteiger partial charge in [0.05, 0.1) is 8.66 Å². The monoisotopic (exact) mass is 257 g/mol. The molecule has 92 valence electrons. The Labute approximate surface area is 108 Å². The summed E-state index contributed by atoms with van der Waals surface area (Å²) in [6.07, 6.45) is 0.327. The van der Waals surface area contributed by atoms with E-state index < -0.39 is 18.4 Å². The zero-order chi connectivity index (χ0) is 14.4. The second kappa shape index (κ2) is 6.96. The molecule has 0 radical (unpaired) electrons. The number of hydrogen-bond donors (Lipinski definition) is 3. The molecule has 0 aromatic heterocycles. The molecule has 1 rings (SSSR count). The predicted octanol–water partition coefficient (Wildman–Crippen LogP) is 0.976. The van der Waals surface area contributed by atoms with Crippen LogP contribution in [0.4, 0.5) is 0 Å². The highest BCUT2D eigenvalue weighted by molar-refractivity contribution is 7.80. The number of carbonyl (C=O) groups is 2. The summed E-state index contributed by atoms with van der Waals surface area (Å²) in [7, 11) is 0. The van der Waals surface area contributed by atoms with Crippen molar-refractivity contribution in [1.82, 2.24) is 5.32 Å². The van der Waals surface area contributed by atoms with Gasteiger partial charge in [0.15, 0.2) is 0 Å². The van der Waals surface area contributed by atoms with E-state index in [0.29, 0.717) is 12.0 Å². The summed E-state index contributed by atoms with van der Waals surface area (Å²) in [6, 6.07) is 5.00. The van der Waals surface area contributed by atoms with Gasteiger partial charge in [0.2, 0.25) is 5.91 Å². The second-order valence-electron chi connectivity index (χ2n) is 3.54. The fourth-order valence-electron chi connectivity index (χ4n) is 1.34. The first kappa shape index (κ1) is 10.7. The Balaban J connectivity index is 2.70. The first-order chi connectivity index (χ1) is 8.92. The summed E-state index contributed by atoms with van der Waals surface area (Å²) in [4.78, 5) is 22.1. The fraction of sp³-hybridized carbons (Fsp3) is 0.333. The summed E-state index contributed by atoms with van der Waals surface area (Å²) in [5.41, 5.74) is 0.696. The number of hydrogen-bond acceptors (Lipinski definition) is 3. The number of thiol groups is 1. The van der Waals surface area contributed by atoms with Gasteiger partial charge < -0.3 is 10.4 Å². The summed E-state index contributed by atoms with van der Waals surface area (Å²) in [6.45, 7) is -0.425. The van der Waals surface area contributed by atoms with Gasteiger partial charge >= 0.3 is 5.97 Å². The first-order valence-electron chi connectivity index (χ1n) is 6.10. The lowest BCUT2D eigenvalue weighted by atomic mass is 10.0. The Bertz CT molecular complexity index is 462. The van der Waals surface area contributed by atoms with E-state index >= 15 is 0 Å². The quantitative estimate of drug-likeness (QED) is 0.665. The minimum atomic E-state index is -1.10. The molecule has 5 heteroatoms. The van der Waals surface area contributed by atoms with Gasteiger partial charge in [-0.2, -0.15) is 12.6 Å². The molecule has 1 atom stereocenters. The molecule has 4 nitrogen and oxygen atoms in total. The van der Waals surface area contributed by atoms with Crippen LogP contribution in [0.5, 0.6) is 0 Å². The van der Waals surface area contributed by atoms with Gasteiger partial charge in [-0.25, -0.2) is 0 Å². The Kier molecular flexibility index (Phi) is 4.36. The smallest absolute Gasteiger partial charge is 0.322 e. The highest BCUT2D eigenvalue weighted by atomic mass is 32.1. The highest BCUT2D eigenvalue weighted by Crippen LogP contribution is 2.10. The number of carbonyl (C=O) groups excluding carboxylic acids is 1. The topological polar surface area (TPSA) is 66.4 Å². The molecule has 1 aromatic carbocycles. The molecule has 0 heterocycles. The predicted molar refractivity (Wildman–Crippen MR) is 68.1 cm³/mol. The van der Waals surface area contributed by atoms with Crippen LogP contribution in [0.25, 0.3) is 0 Å². The minimum Gasteiger partial charge on any atom is -0.480 e. The van der Waals surface area contributed by atoms with Crippen LogP contribution in [0.15, 0.2) is 30.3 Å². The Hall–Kier alpha value is -1.49. The van der Waals surface area contributed by atoms with E-state index in [9.17, 15) is 9.59 Å². The van der Waals surface area contributed by atoms with Crippen molar-refractivity contribution in [2.75, 3.05) is 12.3 Å². The van der Waals surface area contributed by atoms with Crippen LogP contribution < -0.4 is 5.32 Å². The first-order valence-corrected chi connectivity index (χ1v) is 5.73. The van der Waals surface area contributed by atoms with Crippen molar-refractivity contribution in [2.24, 2.45) is 5.92 Å². The van der Waals surface area contributed by atoms with Gasteiger partial charge in [0.1, 0.15) is 6.54 Å². The molecule has 1 amide bonds. The number of rotatable bonds is 6. The molecule has 1 aromatic rings. The SMILES string of the molecule is [3H]c1cc([3H])cc(CC(CS)C(=O)NCC(=O)O)c1. The van der Waals surface area contributed by atoms with Crippen molar-refractivity contribution in [3.8, 4) is 0 Å². The second-order valence-corrected chi connectivity index (χ2v) is 3.90. The van der Waals surface area contributed by atoms with Crippen LogP contribution in [0.3, 0.4) is 0 Å². The van der Waals surface area contributed by atoms with Crippen molar-refractivity contribution in [3.05, 3.63) is 35.8 Å². The van der Waals surface area contributed by atoms with E-state index in [1.165, 1.54) is 6.07 Å². The van der Waals surface area contributed by atoms with Crippen LogP contribution >= 0.6 is 12.6 Å². The normalized spacial score (nSPS) is 13.5. The molecule has 2 N–H and O–H groups in total. The van der Waals surface area contributed by atoms with Crippen molar-refractivity contribution in [1.29, 1.82) is 0 Å². The average Bonchev–Trinajstić information content (AvgIpc) is 2.31. The molecule has 0 aliphatic carbocycles. The summed E-state index contributed by atoms with van der Waals surface area (Å²) in [5, 5.41) is 10.8. The number of aliphatic carboxylic acids is 1. The lowest BCUT2D eigenvalue weighted by Gasteiger charge is -2.13. The number of carboxylic acid groups (broad SMARTS) is 1. The Morgan fingerprint density at radius 1 is 1.47 bits per heavy atom. The van der Waals surface area contributed by atoms with E-state index in [0.717, 1.165) is 0 Å². The average molecular weight is 257 g/mol. The molecule has 0 aliphatic heterocycles. The number of carboxylic acids is 1. The Morgan fingerprint density at radius 3 is 2.65 bits per heavy atom. The summed E-state index contributed by atoms with van der Waals surface area (Å²) in [5.74, 6) is -1.71. The summed E-state index contributed by atoms with van der Waals surface area (Å²) < 4.78 is 15.0. The van der Waals surface area contributed by atoms with Crippen molar-refractivity contribution >= 4 is 24.5 Å².